The van der Waals surface area contributed by atoms with Crippen LogP contribution < -0.4 is 14.8 Å². The van der Waals surface area contributed by atoms with Gasteiger partial charge in [-0.15, -0.1) is 0 Å². The highest BCUT2D eigenvalue weighted by atomic mass is 16.7. The van der Waals surface area contributed by atoms with E-state index in [2.05, 4.69) is 43.4 Å². The smallest absolute Gasteiger partial charge is 0.317 e. The number of benzene rings is 2. The Morgan fingerprint density at radius 3 is 2.81 bits per heavy atom. The minimum atomic E-state index is -0.0628. The molecular weight excluding hydrogens is 340 g/mol. The van der Waals surface area contributed by atoms with Gasteiger partial charge in [0.05, 0.1) is 6.04 Å². The van der Waals surface area contributed by atoms with Crippen LogP contribution in [-0.4, -0.2) is 24.8 Å². The van der Waals surface area contributed by atoms with E-state index < -0.39 is 0 Å². The summed E-state index contributed by atoms with van der Waals surface area (Å²) in [4.78, 5) is 14.5. The first-order valence-corrected chi connectivity index (χ1v) is 9.43. The zero-order chi connectivity index (χ0) is 19.0. The molecule has 1 N–H and O–H groups in total. The monoisotopic (exact) mass is 366 g/mol. The molecule has 2 amide bonds. The Bertz CT molecular complexity index is 862. The van der Waals surface area contributed by atoms with Gasteiger partial charge in [0.15, 0.2) is 11.5 Å². The van der Waals surface area contributed by atoms with E-state index in [0.29, 0.717) is 6.54 Å². The first-order chi connectivity index (χ1) is 12.9. The molecule has 0 radical (unpaired) electrons. The molecule has 0 aromatic heterocycles. The predicted molar refractivity (Wildman–Crippen MR) is 104 cm³/mol. The van der Waals surface area contributed by atoms with Crippen LogP contribution in [0.5, 0.6) is 11.5 Å². The standard InChI is InChI=1S/C22H26N2O3/c1-22(2)11-10-18(16-6-4-5-7-17(16)22)23-21(25)24(3)13-15-8-9-19-20(12-15)27-14-26-19/h4-9,12,18H,10-11,13-14H2,1-3H3,(H,23,25)/t18-/m1/s1. The van der Waals surface area contributed by atoms with Crippen LogP contribution in [0.1, 0.15) is 49.4 Å². The maximum absolute atomic E-state index is 12.8. The molecule has 2 aromatic rings. The second-order valence-electron chi connectivity index (χ2n) is 8.06. The van der Waals surface area contributed by atoms with Gasteiger partial charge in [-0.25, -0.2) is 4.79 Å². The molecule has 1 aliphatic heterocycles. The number of carbonyl (C=O) groups is 1. The number of ether oxygens (including phenoxy) is 2. The molecule has 27 heavy (non-hydrogen) atoms. The summed E-state index contributed by atoms with van der Waals surface area (Å²) in [7, 11) is 1.82. The van der Waals surface area contributed by atoms with E-state index >= 15 is 0 Å². The van der Waals surface area contributed by atoms with Crippen molar-refractivity contribution in [2.45, 2.75) is 44.7 Å². The Hall–Kier alpha value is -2.69. The fourth-order valence-corrected chi connectivity index (χ4v) is 4.01. The third-order valence-corrected chi connectivity index (χ3v) is 5.62. The summed E-state index contributed by atoms with van der Waals surface area (Å²) in [6.07, 6.45) is 2.01. The van der Waals surface area contributed by atoms with Gasteiger partial charge in [0.25, 0.3) is 0 Å². The van der Waals surface area contributed by atoms with Gasteiger partial charge in [-0.2, -0.15) is 0 Å². The van der Waals surface area contributed by atoms with E-state index in [1.54, 1.807) is 4.90 Å². The Morgan fingerprint density at radius 1 is 1.19 bits per heavy atom. The Balaban J connectivity index is 1.44. The molecule has 0 bridgehead atoms. The lowest BCUT2D eigenvalue weighted by Crippen LogP contribution is -2.41. The van der Waals surface area contributed by atoms with Crippen molar-refractivity contribution in [3.63, 3.8) is 0 Å². The number of hydrogen-bond donors (Lipinski definition) is 1. The Labute approximate surface area is 160 Å². The lowest BCUT2D eigenvalue weighted by Gasteiger charge is -2.37. The fourth-order valence-electron chi connectivity index (χ4n) is 4.01. The van der Waals surface area contributed by atoms with Crippen molar-refractivity contribution in [3.05, 3.63) is 59.2 Å². The topological polar surface area (TPSA) is 50.8 Å². The van der Waals surface area contributed by atoms with Crippen LogP contribution in [0.2, 0.25) is 0 Å². The van der Waals surface area contributed by atoms with Gasteiger partial charge in [0.1, 0.15) is 0 Å². The lowest BCUT2D eigenvalue weighted by atomic mass is 9.71. The second kappa shape index (κ2) is 6.80. The number of urea groups is 1. The molecule has 2 aromatic carbocycles. The molecule has 1 aliphatic carbocycles. The number of nitrogens with zero attached hydrogens (tertiary/aromatic N) is 1. The highest BCUT2D eigenvalue weighted by Gasteiger charge is 2.33. The minimum Gasteiger partial charge on any atom is -0.454 e. The number of fused-ring (bicyclic) bond motifs is 2. The first-order valence-electron chi connectivity index (χ1n) is 9.43. The highest BCUT2D eigenvalue weighted by Crippen LogP contribution is 2.41. The molecular formula is C22H26N2O3. The van der Waals surface area contributed by atoms with E-state index in [9.17, 15) is 4.79 Å². The molecule has 2 aliphatic rings. The maximum atomic E-state index is 12.8. The summed E-state index contributed by atoms with van der Waals surface area (Å²) >= 11 is 0. The van der Waals surface area contributed by atoms with Crippen molar-refractivity contribution in [2.24, 2.45) is 0 Å². The Kier molecular flexibility index (Phi) is 4.46. The van der Waals surface area contributed by atoms with E-state index in [1.165, 1.54) is 11.1 Å². The molecule has 0 spiro atoms. The van der Waals surface area contributed by atoms with Crippen molar-refractivity contribution in [1.82, 2.24) is 10.2 Å². The van der Waals surface area contributed by atoms with E-state index in [1.807, 2.05) is 25.2 Å². The zero-order valence-electron chi connectivity index (χ0n) is 16.1. The van der Waals surface area contributed by atoms with Gasteiger partial charge in [0, 0.05) is 13.6 Å². The Morgan fingerprint density at radius 2 is 1.96 bits per heavy atom. The molecule has 5 nitrogen and oxygen atoms in total. The normalized spacial score (nSPS) is 19.3. The van der Waals surface area contributed by atoms with Gasteiger partial charge in [-0.1, -0.05) is 44.2 Å². The summed E-state index contributed by atoms with van der Waals surface area (Å²) in [6.45, 7) is 5.32. The van der Waals surface area contributed by atoms with Gasteiger partial charge in [-0.05, 0) is 47.1 Å². The van der Waals surface area contributed by atoms with E-state index in [4.69, 9.17) is 9.47 Å². The van der Waals surface area contributed by atoms with Crippen molar-refractivity contribution in [1.29, 1.82) is 0 Å². The molecule has 142 valence electrons. The molecule has 1 heterocycles. The molecule has 0 fully saturated rings. The van der Waals surface area contributed by atoms with Crippen LogP contribution >= 0.6 is 0 Å². The van der Waals surface area contributed by atoms with Crippen molar-refractivity contribution >= 4 is 6.03 Å². The molecule has 0 saturated heterocycles. The summed E-state index contributed by atoms with van der Waals surface area (Å²) in [5.41, 5.74) is 3.73. The summed E-state index contributed by atoms with van der Waals surface area (Å²) in [5, 5.41) is 3.22. The number of rotatable bonds is 3. The zero-order valence-corrected chi connectivity index (χ0v) is 16.1. The van der Waals surface area contributed by atoms with Crippen LogP contribution in [0, 0.1) is 0 Å². The molecule has 0 unspecified atom stereocenters. The number of nitrogens with one attached hydrogen (secondary N) is 1. The van der Waals surface area contributed by atoms with Gasteiger partial charge < -0.3 is 19.7 Å². The molecule has 1 atom stereocenters. The van der Waals surface area contributed by atoms with Crippen molar-refractivity contribution < 1.29 is 14.3 Å². The second-order valence-corrected chi connectivity index (χ2v) is 8.06. The number of hydrogen-bond acceptors (Lipinski definition) is 3. The van der Waals surface area contributed by atoms with Gasteiger partial charge >= 0.3 is 6.03 Å². The van der Waals surface area contributed by atoms with Gasteiger partial charge in [-0.3, -0.25) is 0 Å². The molecule has 5 heteroatoms. The van der Waals surface area contributed by atoms with Crippen LogP contribution in [0.25, 0.3) is 0 Å². The fraction of sp³-hybridized carbons (Fsp3) is 0.409. The van der Waals surface area contributed by atoms with Crippen molar-refractivity contribution in [2.75, 3.05) is 13.8 Å². The van der Waals surface area contributed by atoms with E-state index in [-0.39, 0.29) is 24.3 Å². The molecule has 0 saturated carbocycles. The van der Waals surface area contributed by atoms with E-state index in [0.717, 1.165) is 29.9 Å². The quantitative estimate of drug-likeness (QED) is 0.878. The SMILES string of the molecule is CN(Cc1ccc2c(c1)OCO2)C(=O)N[C@@H]1CCC(C)(C)c2ccccc21. The first kappa shape index (κ1) is 17.7. The van der Waals surface area contributed by atoms with Crippen LogP contribution in [0.3, 0.4) is 0 Å². The largest absolute Gasteiger partial charge is 0.454 e. The lowest BCUT2D eigenvalue weighted by molar-refractivity contribution is 0.174. The average molecular weight is 366 g/mol. The van der Waals surface area contributed by atoms with Crippen molar-refractivity contribution in [3.8, 4) is 11.5 Å². The number of amides is 2. The van der Waals surface area contributed by atoms with Crippen LogP contribution in [0.15, 0.2) is 42.5 Å². The third kappa shape index (κ3) is 3.46. The minimum absolute atomic E-state index is 0.0564. The van der Waals surface area contributed by atoms with Gasteiger partial charge in [0.2, 0.25) is 6.79 Å². The number of carbonyl (C=O) groups excluding carboxylic acids is 1. The van der Waals surface area contributed by atoms with Crippen LogP contribution in [0.4, 0.5) is 4.79 Å². The van der Waals surface area contributed by atoms with Crippen LogP contribution in [-0.2, 0) is 12.0 Å². The average Bonchev–Trinajstić information content (AvgIpc) is 3.12. The maximum Gasteiger partial charge on any atom is 0.317 e. The molecule has 4 rings (SSSR count). The summed E-state index contributed by atoms with van der Waals surface area (Å²) in [6, 6.07) is 14.2. The highest BCUT2D eigenvalue weighted by molar-refractivity contribution is 5.74. The summed E-state index contributed by atoms with van der Waals surface area (Å²) in [5.74, 6) is 1.50. The third-order valence-electron chi connectivity index (χ3n) is 5.62. The predicted octanol–water partition coefficient (Wildman–Crippen LogP) is 4.37. The summed E-state index contributed by atoms with van der Waals surface area (Å²) < 4.78 is 10.8.